The van der Waals surface area contributed by atoms with Crippen molar-refractivity contribution < 1.29 is 9.53 Å². The molecular formula is C14H17Cl2N3O2. The lowest BCUT2D eigenvalue weighted by molar-refractivity contribution is -0.120. The normalized spacial score (nSPS) is 17.4. The number of aromatic nitrogens is 1. The Hall–Kier alpha value is -1.40. The number of anilines is 1. The Morgan fingerprint density at radius 3 is 2.90 bits per heavy atom. The first kappa shape index (κ1) is 17.7. The third kappa shape index (κ3) is 4.28. The van der Waals surface area contributed by atoms with Gasteiger partial charge in [-0.15, -0.1) is 24.8 Å². The quantitative estimate of drug-likeness (QED) is 0.884. The van der Waals surface area contributed by atoms with Crippen molar-refractivity contribution in [2.75, 3.05) is 25.1 Å². The number of carbonyl (C=O) groups excluding carboxylic acids is 1. The molecule has 0 spiro atoms. The number of para-hydroxylation sites is 1. The Morgan fingerprint density at radius 2 is 2.14 bits per heavy atom. The average Bonchev–Trinajstić information content (AvgIpc) is 2.48. The van der Waals surface area contributed by atoms with Gasteiger partial charge in [0.05, 0.1) is 30.6 Å². The molecule has 1 unspecified atom stereocenters. The van der Waals surface area contributed by atoms with Gasteiger partial charge in [0.25, 0.3) is 0 Å². The number of halogens is 2. The summed E-state index contributed by atoms with van der Waals surface area (Å²) in [6, 6.07) is 9.44. The lowest BCUT2D eigenvalue weighted by Gasteiger charge is -2.22. The molecule has 0 saturated carbocycles. The predicted molar refractivity (Wildman–Crippen MR) is 87.5 cm³/mol. The molecular weight excluding hydrogens is 313 g/mol. The van der Waals surface area contributed by atoms with E-state index in [4.69, 9.17) is 4.74 Å². The van der Waals surface area contributed by atoms with Crippen molar-refractivity contribution in [3.05, 3.63) is 36.5 Å². The number of benzene rings is 1. The molecule has 1 amide bonds. The number of hydrogen-bond acceptors (Lipinski definition) is 4. The molecule has 114 valence electrons. The van der Waals surface area contributed by atoms with E-state index in [-0.39, 0.29) is 36.8 Å². The van der Waals surface area contributed by atoms with Gasteiger partial charge in [0.1, 0.15) is 6.04 Å². The number of rotatable bonds is 2. The van der Waals surface area contributed by atoms with Crippen molar-refractivity contribution in [3.63, 3.8) is 0 Å². The molecule has 2 N–H and O–H groups in total. The number of nitrogens with zero attached hydrogens (tertiary/aromatic N) is 1. The third-order valence-electron chi connectivity index (χ3n) is 3.10. The lowest BCUT2D eigenvalue weighted by atomic mass is 10.2. The van der Waals surface area contributed by atoms with Crippen molar-refractivity contribution >= 4 is 47.3 Å². The summed E-state index contributed by atoms with van der Waals surface area (Å²) in [7, 11) is 0. The molecule has 0 aliphatic carbocycles. The molecule has 1 aromatic carbocycles. The Bertz CT molecular complexity index is 604. The minimum atomic E-state index is -0.291. The molecule has 1 atom stereocenters. The van der Waals surface area contributed by atoms with Crippen LogP contribution in [0.15, 0.2) is 36.5 Å². The first-order chi connectivity index (χ1) is 9.33. The van der Waals surface area contributed by atoms with Crippen LogP contribution in [0.1, 0.15) is 0 Å². The van der Waals surface area contributed by atoms with Gasteiger partial charge in [-0.3, -0.25) is 9.78 Å². The standard InChI is InChI=1S/C14H15N3O2.2ClH/c18-14(13-9-19-6-5-15-13)17-11-7-10-3-1-2-4-12(10)16-8-11;;/h1-4,7-8,13,15H,5-6,9H2,(H,17,18);2*1H. The van der Waals surface area contributed by atoms with E-state index in [1.165, 1.54) is 0 Å². The maximum atomic E-state index is 12.0. The first-order valence-electron chi connectivity index (χ1n) is 6.30. The van der Waals surface area contributed by atoms with Gasteiger partial charge in [-0.05, 0) is 12.1 Å². The lowest BCUT2D eigenvalue weighted by Crippen LogP contribution is -2.48. The molecule has 5 nitrogen and oxygen atoms in total. The number of pyridine rings is 1. The van der Waals surface area contributed by atoms with Gasteiger partial charge < -0.3 is 15.4 Å². The number of ether oxygens (including phenoxy) is 1. The molecule has 21 heavy (non-hydrogen) atoms. The Kier molecular flexibility index (Phi) is 6.84. The van der Waals surface area contributed by atoms with Gasteiger partial charge in [-0.1, -0.05) is 18.2 Å². The van der Waals surface area contributed by atoms with Crippen molar-refractivity contribution in [3.8, 4) is 0 Å². The van der Waals surface area contributed by atoms with E-state index in [1.807, 2.05) is 30.3 Å². The minimum absolute atomic E-state index is 0. The smallest absolute Gasteiger partial charge is 0.243 e. The topological polar surface area (TPSA) is 63.2 Å². The molecule has 1 aliphatic rings. The van der Waals surface area contributed by atoms with Crippen LogP contribution in [0.5, 0.6) is 0 Å². The summed E-state index contributed by atoms with van der Waals surface area (Å²) >= 11 is 0. The summed E-state index contributed by atoms with van der Waals surface area (Å²) < 4.78 is 5.27. The highest BCUT2D eigenvalue weighted by Crippen LogP contribution is 2.16. The highest BCUT2D eigenvalue weighted by atomic mass is 35.5. The summed E-state index contributed by atoms with van der Waals surface area (Å²) in [5.74, 6) is -0.0863. The second kappa shape index (κ2) is 8.14. The van der Waals surface area contributed by atoms with E-state index >= 15 is 0 Å². The average molecular weight is 330 g/mol. The summed E-state index contributed by atoms with van der Waals surface area (Å²) in [6.07, 6.45) is 1.67. The summed E-state index contributed by atoms with van der Waals surface area (Å²) in [5, 5.41) is 6.99. The summed E-state index contributed by atoms with van der Waals surface area (Å²) in [6.45, 7) is 1.77. The van der Waals surface area contributed by atoms with Crippen LogP contribution < -0.4 is 10.6 Å². The molecule has 7 heteroatoms. The molecule has 1 saturated heterocycles. The van der Waals surface area contributed by atoms with Crippen molar-refractivity contribution in [1.82, 2.24) is 10.3 Å². The Balaban J connectivity index is 0.00000110. The highest BCUT2D eigenvalue weighted by Gasteiger charge is 2.21. The zero-order chi connectivity index (χ0) is 13.1. The van der Waals surface area contributed by atoms with E-state index in [9.17, 15) is 4.79 Å². The van der Waals surface area contributed by atoms with Crippen LogP contribution in [-0.2, 0) is 9.53 Å². The minimum Gasteiger partial charge on any atom is -0.378 e. The molecule has 2 heterocycles. The van der Waals surface area contributed by atoms with Gasteiger partial charge in [-0.25, -0.2) is 0 Å². The number of hydrogen-bond donors (Lipinski definition) is 2. The number of nitrogens with one attached hydrogen (secondary N) is 2. The number of fused-ring (bicyclic) bond motifs is 1. The number of morpholine rings is 1. The fourth-order valence-electron chi connectivity index (χ4n) is 2.10. The SMILES string of the molecule is Cl.Cl.O=C(Nc1cnc2ccccc2c1)C1COCCN1. The van der Waals surface area contributed by atoms with Crippen LogP contribution in [-0.4, -0.2) is 36.7 Å². The molecule has 0 bridgehead atoms. The van der Waals surface area contributed by atoms with Gasteiger partial charge in [0, 0.05) is 11.9 Å². The fraction of sp³-hybridized carbons (Fsp3) is 0.286. The number of carbonyl (C=O) groups is 1. The van der Waals surface area contributed by atoms with Crippen molar-refractivity contribution in [1.29, 1.82) is 0 Å². The molecule has 1 aliphatic heterocycles. The highest BCUT2D eigenvalue weighted by molar-refractivity contribution is 5.96. The van der Waals surface area contributed by atoms with Crippen LogP contribution in [0.2, 0.25) is 0 Å². The molecule has 3 rings (SSSR count). The van der Waals surface area contributed by atoms with Crippen LogP contribution in [0.4, 0.5) is 5.69 Å². The zero-order valence-corrected chi connectivity index (χ0v) is 12.9. The molecule has 1 fully saturated rings. The predicted octanol–water partition coefficient (Wildman–Crippen LogP) is 2.01. The van der Waals surface area contributed by atoms with Gasteiger partial charge >= 0.3 is 0 Å². The van der Waals surface area contributed by atoms with Gasteiger partial charge in [0.2, 0.25) is 5.91 Å². The molecule has 2 aromatic rings. The monoisotopic (exact) mass is 329 g/mol. The van der Waals surface area contributed by atoms with E-state index < -0.39 is 0 Å². The maximum absolute atomic E-state index is 12.0. The van der Waals surface area contributed by atoms with Gasteiger partial charge in [0.15, 0.2) is 0 Å². The maximum Gasteiger partial charge on any atom is 0.243 e. The van der Waals surface area contributed by atoms with E-state index in [2.05, 4.69) is 15.6 Å². The third-order valence-corrected chi connectivity index (χ3v) is 3.10. The summed E-state index contributed by atoms with van der Waals surface area (Å²) in [5.41, 5.74) is 1.62. The Labute approximate surface area is 135 Å². The van der Waals surface area contributed by atoms with E-state index in [0.717, 1.165) is 10.9 Å². The summed E-state index contributed by atoms with van der Waals surface area (Å²) in [4.78, 5) is 16.3. The molecule has 0 radical (unpaired) electrons. The largest absolute Gasteiger partial charge is 0.378 e. The van der Waals surface area contributed by atoms with E-state index in [1.54, 1.807) is 6.20 Å². The number of amides is 1. The molecule has 1 aromatic heterocycles. The van der Waals surface area contributed by atoms with Crippen LogP contribution in [0.3, 0.4) is 0 Å². The Morgan fingerprint density at radius 1 is 1.33 bits per heavy atom. The van der Waals surface area contributed by atoms with Crippen LogP contribution >= 0.6 is 24.8 Å². The van der Waals surface area contributed by atoms with E-state index in [0.29, 0.717) is 25.4 Å². The zero-order valence-electron chi connectivity index (χ0n) is 11.2. The van der Waals surface area contributed by atoms with Crippen LogP contribution in [0.25, 0.3) is 10.9 Å². The van der Waals surface area contributed by atoms with Crippen molar-refractivity contribution in [2.45, 2.75) is 6.04 Å². The second-order valence-electron chi connectivity index (χ2n) is 4.49. The van der Waals surface area contributed by atoms with Crippen LogP contribution in [0, 0.1) is 0 Å². The first-order valence-corrected chi connectivity index (χ1v) is 6.30. The second-order valence-corrected chi connectivity index (χ2v) is 4.49. The van der Waals surface area contributed by atoms with Crippen molar-refractivity contribution in [2.24, 2.45) is 0 Å². The van der Waals surface area contributed by atoms with Gasteiger partial charge in [-0.2, -0.15) is 0 Å². The fourth-order valence-corrected chi connectivity index (χ4v) is 2.10.